The number of aromatic amines is 1. The maximum Gasteiger partial charge on any atom is 0.317 e. The van der Waals surface area contributed by atoms with Crippen molar-refractivity contribution < 1.29 is 18.8 Å². The fourth-order valence-corrected chi connectivity index (χ4v) is 8.14. The highest BCUT2D eigenvalue weighted by Crippen LogP contribution is 2.55. The molecule has 2 saturated heterocycles. The molecular formula is C33H32Cl2FN5O3S. The molecule has 2 N–H and O–H groups in total. The molecule has 6 rings (SSSR count). The number of H-pyrrole nitrogens is 1. The number of rotatable bonds is 7. The molecule has 0 radical (unpaired) electrons. The standard InChI is InChI=1S/C33H32Cl2FN5O3S/c1-2-37-32(44)40-14-12-39(13-15-40)31(43)33(45-23-6-4-3-5-7-23)18-29(42)41(20-21-8-11-27(36)26(35)16-21)30(33)25-19-38-28-17-22(34)9-10-24(25)28/h3-11,16-17,19,30,38H,2,12-15,18,20H2,1H3,(H,37,44). The minimum atomic E-state index is -1.26. The zero-order valence-corrected chi connectivity index (χ0v) is 26.9. The molecule has 4 amide bonds. The second-order valence-corrected chi connectivity index (χ2v) is 13.5. The third kappa shape index (κ3) is 6.11. The first-order valence-electron chi connectivity index (χ1n) is 14.8. The molecule has 2 fully saturated rings. The van der Waals surface area contributed by atoms with Crippen molar-refractivity contribution >= 4 is 63.7 Å². The number of amides is 4. The Morgan fingerprint density at radius 3 is 2.47 bits per heavy atom. The summed E-state index contributed by atoms with van der Waals surface area (Å²) in [5, 5.41) is 4.19. The second-order valence-electron chi connectivity index (χ2n) is 11.2. The minimum absolute atomic E-state index is 0.0385. The predicted octanol–water partition coefficient (Wildman–Crippen LogP) is 6.49. The van der Waals surface area contributed by atoms with Crippen LogP contribution < -0.4 is 5.32 Å². The van der Waals surface area contributed by atoms with E-state index in [2.05, 4.69) is 10.3 Å². The number of aromatic nitrogens is 1. The monoisotopic (exact) mass is 667 g/mol. The van der Waals surface area contributed by atoms with E-state index in [1.54, 1.807) is 26.8 Å². The number of urea groups is 1. The van der Waals surface area contributed by atoms with Crippen LogP contribution in [0.4, 0.5) is 9.18 Å². The molecule has 234 valence electrons. The maximum absolute atomic E-state index is 15.0. The number of fused-ring (bicyclic) bond motifs is 1. The molecule has 0 aliphatic carbocycles. The van der Waals surface area contributed by atoms with Crippen molar-refractivity contribution in [1.82, 2.24) is 25.0 Å². The average Bonchev–Trinajstić information content (AvgIpc) is 3.56. The lowest BCUT2D eigenvalue weighted by Gasteiger charge is -2.42. The number of carbonyl (C=O) groups is 3. The zero-order chi connectivity index (χ0) is 31.7. The minimum Gasteiger partial charge on any atom is -0.361 e. The van der Waals surface area contributed by atoms with Gasteiger partial charge in [0.25, 0.3) is 0 Å². The van der Waals surface area contributed by atoms with E-state index in [1.165, 1.54) is 23.9 Å². The molecule has 0 saturated carbocycles. The third-order valence-corrected chi connectivity index (χ3v) is 10.3. The number of halogens is 3. The van der Waals surface area contributed by atoms with Gasteiger partial charge in [0.2, 0.25) is 11.8 Å². The van der Waals surface area contributed by atoms with Crippen molar-refractivity contribution in [3.8, 4) is 0 Å². The number of thioether (sulfide) groups is 1. The van der Waals surface area contributed by atoms with Crippen molar-refractivity contribution in [2.75, 3.05) is 32.7 Å². The van der Waals surface area contributed by atoms with Crippen LogP contribution in [0.25, 0.3) is 10.9 Å². The Labute approximate surface area is 274 Å². The van der Waals surface area contributed by atoms with Crippen molar-refractivity contribution in [2.45, 2.75) is 35.6 Å². The molecule has 2 aliphatic rings. The van der Waals surface area contributed by atoms with Crippen molar-refractivity contribution in [2.24, 2.45) is 0 Å². The molecule has 12 heteroatoms. The summed E-state index contributed by atoms with van der Waals surface area (Å²) in [4.78, 5) is 51.0. The van der Waals surface area contributed by atoms with Gasteiger partial charge in [0.1, 0.15) is 10.6 Å². The Hall–Kier alpha value is -3.73. The molecule has 0 spiro atoms. The topological polar surface area (TPSA) is 88.8 Å². The summed E-state index contributed by atoms with van der Waals surface area (Å²) in [6, 6.07) is 18.6. The summed E-state index contributed by atoms with van der Waals surface area (Å²) in [5.74, 6) is -0.927. The number of benzene rings is 3. The number of nitrogens with zero attached hydrogens (tertiary/aromatic N) is 3. The third-order valence-electron chi connectivity index (χ3n) is 8.38. The van der Waals surface area contributed by atoms with Crippen LogP contribution in [0.1, 0.15) is 30.5 Å². The largest absolute Gasteiger partial charge is 0.361 e. The van der Waals surface area contributed by atoms with Crippen LogP contribution in [0.2, 0.25) is 10.0 Å². The van der Waals surface area contributed by atoms with Gasteiger partial charge in [-0.05, 0) is 48.9 Å². The van der Waals surface area contributed by atoms with E-state index < -0.39 is 16.6 Å². The second kappa shape index (κ2) is 12.9. The Bertz CT molecular complexity index is 1750. The summed E-state index contributed by atoms with van der Waals surface area (Å²) in [6.45, 7) is 3.94. The van der Waals surface area contributed by atoms with Crippen molar-refractivity contribution in [3.05, 3.63) is 99.9 Å². The quantitative estimate of drug-likeness (QED) is 0.236. The van der Waals surface area contributed by atoms with Crippen LogP contribution in [0, 0.1) is 5.82 Å². The fourth-order valence-electron chi connectivity index (χ4n) is 6.27. The lowest BCUT2D eigenvalue weighted by molar-refractivity contribution is -0.136. The van der Waals surface area contributed by atoms with E-state index in [0.717, 1.165) is 21.4 Å². The SMILES string of the molecule is CCNC(=O)N1CCN(C(=O)C2(Sc3ccccc3)CC(=O)N(Cc3ccc(F)c(Cl)c3)C2c2c[nH]c3cc(Cl)ccc23)CC1. The van der Waals surface area contributed by atoms with Gasteiger partial charge in [-0.2, -0.15) is 0 Å². The average molecular weight is 669 g/mol. The zero-order valence-electron chi connectivity index (χ0n) is 24.6. The lowest BCUT2D eigenvalue weighted by Crippen LogP contribution is -2.58. The van der Waals surface area contributed by atoms with Gasteiger partial charge in [-0.3, -0.25) is 9.59 Å². The Morgan fingerprint density at radius 1 is 1.02 bits per heavy atom. The van der Waals surface area contributed by atoms with Gasteiger partial charge in [-0.25, -0.2) is 9.18 Å². The fraction of sp³-hybridized carbons (Fsp3) is 0.303. The molecule has 0 bridgehead atoms. The number of hydrogen-bond donors (Lipinski definition) is 2. The highest BCUT2D eigenvalue weighted by Gasteiger charge is 2.60. The molecule has 2 aliphatic heterocycles. The van der Waals surface area contributed by atoms with Crippen LogP contribution in [0.15, 0.2) is 77.8 Å². The molecule has 1 aromatic heterocycles. The molecule has 45 heavy (non-hydrogen) atoms. The van der Waals surface area contributed by atoms with Crippen LogP contribution in [-0.2, 0) is 16.1 Å². The van der Waals surface area contributed by atoms with Crippen LogP contribution in [0.3, 0.4) is 0 Å². The van der Waals surface area contributed by atoms with Crippen LogP contribution in [-0.4, -0.2) is 75.0 Å². The Kier molecular flexibility index (Phi) is 8.99. The summed E-state index contributed by atoms with van der Waals surface area (Å²) in [5.41, 5.74) is 2.20. The number of piperazine rings is 1. The molecule has 3 heterocycles. The van der Waals surface area contributed by atoms with Gasteiger partial charge < -0.3 is 25.0 Å². The van der Waals surface area contributed by atoms with Gasteiger partial charge in [0, 0.05) is 71.8 Å². The van der Waals surface area contributed by atoms with Gasteiger partial charge >= 0.3 is 6.03 Å². The first-order valence-corrected chi connectivity index (χ1v) is 16.3. The van der Waals surface area contributed by atoms with Crippen LogP contribution in [0.5, 0.6) is 0 Å². The summed E-state index contributed by atoms with van der Waals surface area (Å²) in [6.07, 6.45) is 1.79. The van der Waals surface area contributed by atoms with Crippen molar-refractivity contribution in [1.29, 1.82) is 0 Å². The Balaban J connectivity index is 1.46. The van der Waals surface area contributed by atoms with Gasteiger partial charge in [0.15, 0.2) is 0 Å². The number of likely N-dealkylation sites (tertiary alicyclic amines) is 1. The van der Waals surface area contributed by atoms with Gasteiger partial charge in [-0.15, -0.1) is 11.8 Å². The molecule has 3 aromatic carbocycles. The normalized spacial score (nSPS) is 20.2. The van der Waals surface area contributed by atoms with Crippen LogP contribution >= 0.6 is 35.0 Å². The first kappa shape index (κ1) is 31.3. The number of nitrogens with one attached hydrogen (secondary N) is 2. The molecule has 4 aromatic rings. The van der Waals surface area contributed by atoms with Gasteiger partial charge in [0.05, 0.1) is 17.5 Å². The van der Waals surface area contributed by atoms with E-state index in [9.17, 15) is 18.8 Å². The molecule has 8 nitrogen and oxygen atoms in total. The van der Waals surface area contributed by atoms with E-state index in [1.807, 2.05) is 55.6 Å². The predicted molar refractivity (Wildman–Crippen MR) is 175 cm³/mol. The molecule has 2 unspecified atom stereocenters. The van der Waals surface area contributed by atoms with E-state index in [4.69, 9.17) is 23.2 Å². The smallest absolute Gasteiger partial charge is 0.317 e. The highest BCUT2D eigenvalue weighted by molar-refractivity contribution is 8.01. The molecule has 2 atom stereocenters. The summed E-state index contributed by atoms with van der Waals surface area (Å²) < 4.78 is 12.8. The maximum atomic E-state index is 15.0. The highest BCUT2D eigenvalue weighted by atomic mass is 35.5. The lowest BCUT2D eigenvalue weighted by atomic mass is 9.90. The summed E-state index contributed by atoms with van der Waals surface area (Å²) in [7, 11) is 0. The Morgan fingerprint density at radius 2 is 1.76 bits per heavy atom. The van der Waals surface area contributed by atoms with Crippen molar-refractivity contribution in [3.63, 3.8) is 0 Å². The van der Waals surface area contributed by atoms with E-state index in [-0.39, 0.29) is 35.8 Å². The number of hydrogen-bond acceptors (Lipinski definition) is 4. The summed E-state index contributed by atoms with van der Waals surface area (Å²) >= 11 is 13.8. The van der Waals surface area contributed by atoms with E-state index in [0.29, 0.717) is 43.3 Å². The molecular weight excluding hydrogens is 636 g/mol. The number of carbonyl (C=O) groups excluding carboxylic acids is 3. The first-order chi connectivity index (χ1) is 21.7. The van der Waals surface area contributed by atoms with E-state index >= 15 is 0 Å². The van der Waals surface area contributed by atoms with Gasteiger partial charge in [-0.1, -0.05) is 53.5 Å².